The van der Waals surface area contributed by atoms with Gasteiger partial charge in [-0.05, 0) is 44.2 Å². The smallest absolute Gasteiger partial charge is 0.338 e. The summed E-state index contributed by atoms with van der Waals surface area (Å²) >= 11 is 1.33. The minimum atomic E-state index is -0.533. The summed E-state index contributed by atoms with van der Waals surface area (Å²) in [5, 5.41) is 3.10. The van der Waals surface area contributed by atoms with Gasteiger partial charge in [0.15, 0.2) is 11.7 Å². The van der Waals surface area contributed by atoms with E-state index in [9.17, 15) is 9.59 Å². The Morgan fingerprint density at radius 2 is 2.04 bits per heavy atom. The largest absolute Gasteiger partial charge is 0.494 e. The normalized spacial score (nSPS) is 10.5. The van der Waals surface area contributed by atoms with Gasteiger partial charge in [-0.1, -0.05) is 29.0 Å². The number of carbonyl (C=O) groups excluding carboxylic acids is 2. The maximum absolute atomic E-state index is 12.0. The number of hydrogen-bond donors (Lipinski definition) is 1. The number of thiazole rings is 1. The van der Waals surface area contributed by atoms with Gasteiger partial charge in [0, 0.05) is 0 Å². The van der Waals surface area contributed by atoms with Gasteiger partial charge in [-0.15, -0.1) is 0 Å². The van der Waals surface area contributed by atoms with E-state index in [2.05, 4.69) is 10.3 Å². The number of fused-ring (bicyclic) bond motifs is 1. The van der Waals surface area contributed by atoms with Crippen LogP contribution in [0.25, 0.3) is 10.2 Å². The van der Waals surface area contributed by atoms with Crippen molar-refractivity contribution in [3.8, 4) is 5.75 Å². The number of nitrogens with zero attached hydrogens (tertiary/aromatic N) is 1. The van der Waals surface area contributed by atoms with E-state index >= 15 is 0 Å². The fourth-order valence-electron chi connectivity index (χ4n) is 2.36. The van der Waals surface area contributed by atoms with E-state index in [1.807, 2.05) is 38.1 Å². The first-order valence-electron chi connectivity index (χ1n) is 8.12. The van der Waals surface area contributed by atoms with Crippen molar-refractivity contribution in [3.63, 3.8) is 0 Å². The van der Waals surface area contributed by atoms with Crippen LogP contribution < -0.4 is 10.1 Å². The minimum absolute atomic E-state index is 0.368. The van der Waals surface area contributed by atoms with Crippen LogP contribution in [0.5, 0.6) is 5.75 Å². The highest BCUT2D eigenvalue weighted by Crippen LogP contribution is 2.29. The number of aromatic nitrogens is 1. The van der Waals surface area contributed by atoms with Crippen molar-refractivity contribution < 1.29 is 19.1 Å². The molecule has 0 atom stereocenters. The van der Waals surface area contributed by atoms with Crippen molar-refractivity contribution in [1.29, 1.82) is 0 Å². The molecule has 2 aromatic carbocycles. The second-order valence-corrected chi connectivity index (χ2v) is 6.61. The van der Waals surface area contributed by atoms with Crippen molar-refractivity contribution in [2.75, 3.05) is 18.5 Å². The molecule has 1 N–H and O–H groups in total. The lowest BCUT2D eigenvalue weighted by Crippen LogP contribution is -2.20. The van der Waals surface area contributed by atoms with E-state index in [1.54, 1.807) is 18.2 Å². The lowest BCUT2D eigenvalue weighted by Gasteiger charge is -2.05. The molecule has 0 spiro atoms. The topological polar surface area (TPSA) is 77.5 Å². The second-order valence-electron chi connectivity index (χ2n) is 5.58. The van der Waals surface area contributed by atoms with Gasteiger partial charge in [-0.3, -0.25) is 10.1 Å². The molecule has 0 aliphatic rings. The zero-order valence-corrected chi connectivity index (χ0v) is 15.3. The monoisotopic (exact) mass is 370 g/mol. The van der Waals surface area contributed by atoms with Gasteiger partial charge >= 0.3 is 5.97 Å². The molecule has 1 amide bonds. The molecule has 1 heterocycles. The molecule has 1 aromatic heterocycles. The first-order chi connectivity index (χ1) is 12.5. The first kappa shape index (κ1) is 17.9. The van der Waals surface area contributed by atoms with Crippen LogP contribution >= 0.6 is 11.3 Å². The Bertz CT molecular complexity index is 952. The number of nitrogens with one attached hydrogen (secondary N) is 1. The van der Waals surface area contributed by atoms with Gasteiger partial charge in [0.1, 0.15) is 5.75 Å². The second kappa shape index (κ2) is 7.97. The average molecular weight is 370 g/mol. The predicted octanol–water partition coefficient (Wildman–Crippen LogP) is 3.80. The van der Waals surface area contributed by atoms with Crippen LogP contribution in [0.1, 0.15) is 22.8 Å². The van der Waals surface area contributed by atoms with Gasteiger partial charge in [-0.2, -0.15) is 0 Å². The van der Waals surface area contributed by atoms with Crippen LogP contribution in [-0.4, -0.2) is 30.1 Å². The Morgan fingerprint density at radius 3 is 2.81 bits per heavy atom. The number of amides is 1. The number of anilines is 1. The van der Waals surface area contributed by atoms with Crippen molar-refractivity contribution in [2.24, 2.45) is 0 Å². The number of aryl methyl sites for hydroxylation is 1. The summed E-state index contributed by atoms with van der Waals surface area (Å²) in [6.45, 7) is 4.02. The van der Waals surface area contributed by atoms with Crippen LogP contribution in [0, 0.1) is 6.92 Å². The van der Waals surface area contributed by atoms with Crippen LogP contribution in [0.15, 0.2) is 42.5 Å². The zero-order valence-electron chi connectivity index (χ0n) is 14.4. The molecule has 134 valence electrons. The highest BCUT2D eigenvalue weighted by atomic mass is 32.1. The van der Waals surface area contributed by atoms with E-state index in [0.717, 1.165) is 21.5 Å². The molecule has 7 heteroatoms. The number of esters is 1. The minimum Gasteiger partial charge on any atom is -0.494 e. The Balaban J connectivity index is 1.59. The quantitative estimate of drug-likeness (QED) is 0.668. The molecule has 3 rings (SSSR count). The van der Waals surface area contributed by atoms with Crippen LogP contribution in [0.3, 0.4) is 0 Å². The summed E-state index contributed by atoms with van der Waals surface area (Å²) in [4.78, 5) is 28.3. The van der Waals surface area contributed by atoms with E-state index < -0.39 is 11.9 Å². The average Bonchev–Trinajstić information content (AvgIpc) is 3.01. The fourth-order valence-corrected chi connectivity index (χ4v) is 3.27. The van der Waals surface area contributed by atoms with Crippen molar-refractivity contribution >= 4 is 38.6 Å². The molecule has 0 saturated heterocycles. The lowest BCUT2D eigenvalue weighted by atomic mass is 10.1. The van der Waals surface area contributed by atoms with Gasteiger partial charge in [0.05, 0.1) is 22.4 Å². The summed E-state index contributed by atoms with van der Waals surface area (Å²) < 4.78 is 11.4. The molecule has 0 aliphatic heterocycles. The van der Waals surface area contributed by atoms with E-state index in [-0.39, 0.29) is 6.61 Å². The Hall–Kier alpha value is -2.93. The van der Waals surface area contributed by atoms with Gasteiger partial charge in [0.2, 0.25) is 0 Å². The summed E-state index contributed by atoms with van der Waals surface area (Å²) in [6, 6.07) is 12.6. The zero-order chi connectivity index (χ0) is 18.5. The number of benzene rings is 2. The third-order valence-corrected chi connectivity index (χ3v) is 4.44. The van der Waals surface area contributed by atoms with Crippen LogP contribution in [-0.2, 0) is 9.53 Å². The number of ether oxygens (including phenoxy) is 2. The lowest BCUT2D eigenvalue weighted by molar-refractivity contribution is -0.119. The number of carbonyl (C=O) groups is 2. The molecule has 26 heavy (non-hydrogen) atoms. The molecule has 0 saturated carbocycles. The highest BCUT2D eigenvalue weighted by Gasteiger charge is 2.12. The Kier molecular flexibility index (Phi) is 5.48. The standard InChI is InChI=1S/C19H18N2O4S/c1-3-24-14-7-8-15-16(10-14)26-19(20-15)21-17(22)11-25-18(23)13-6-4-5-12(2)9-13/h4-10H,3,11H2,1-2H3,(H,20,21,22). The molecule has 0 bridgehead atoms. The fraction of sp³-hybridized carbons (Fsp3) is 0.211. The van der Waals surface area contributed by atoms with Crippen molar-refractivity contribution in [1.82, 2.24) is 4.98 Å². The third-order valence-electron chi connectivity index (χ3n) is 3.51. The Labute approximate surface area is 154 Å². The first-order valence-corrected chi connectivity index (χ1v) is 8.94. The van der Waals surface area contributed by atoms with Crippen molar-refractivity contribution in [2.45, 2.75) is 13.8 Å². The Morgan fingerprint density at radius 1 is 1.19 bits per heavy atom. The third kappa shape index (κ3) is 4.37. The molecule has 0 aliphatic carbocycles. The van der Waals surface area contributed by atoms with Crippen LogP contribution in [0.2, 0.25) is 0 Å². The molecule has 0 fully saturated rings. The summed E-state index contributed by atoms with van der Waals surface area (Å²) in [7, 11) is 0. The van der Waals surface area contributed by atoms with Gasteiger partial charge < -0.3 is 9.47 Å². The van der Waals surface area contributed by atoms with Crippen molar-refractivity contribution in [3.05, 3.63) is 53.6 Å². The molecule has 3 aromatic rings. The maximum Gasteiger partial charge on any atom is 0.338 e. The van der Waals surface area contributed by atoms with Gasteiger partial charge in [0.25, 0.3) is 5.91 Å². The van der Waals surface area contributed by atoms with E-state index in [1.165, 1.54) is 11.3 Å². The molecule has 0 radical (unpaired) electrons. The summed E-state index contributed by atoms with van der Waals surface area (Å²) in [6.07, 6.45) is 0. The molecule has 0 unspecified atom stereocenters. The maximum atomic E-state index is 12.0. The van der Waals surface area contributed by atoms with Crippen LogP contribution in [0.4, 0.5) is 5.13 Å². The number of hydrogen-bond acceptors (Lipinski definition) is 6. The SMILES string of the molecule is CCOc1ccc2nc(NC(=O)COC(=O)c3cccc(C)c3)sc2c1. The number of rotatable bonds is 6. The van der Waals surface area contributed by atoms with E-state index in [4.69, 9.17) is 9.47 Å². The summed E-state index contributed by atoms with van der Waals surface area (Å²) in [5.41, 5.74) is 2.14. The molecular formula is C19H18N2O4S. The molecular weight excluding hydrogens is 352 g/mol. The molecule has 6 nitrogen and oxygen atoms in total. The predicted molar refractivity (Wildman–Crippen MR) is 101 cm³/mol. The van der Waals surface area contributed by atoms with Gasteiger partial charge in [-0.25, -0.2) is 9.78 Å². The van der Waals surface area contributed by atoms with E-state index in [0.29, 0.717) is 17.3 Å². The highest BCUT2D eigenvalue weighted by molar-refractivity contribution is 7.22. The summed E-state index contributed by atoms with van der Waals surface area (Å²) in [5.74, 6) is -0.210.